The van der Waals surface area contributed by atoms with Gasteiger partial charge in [-0.1, -0.05) is 6.92 Å². The number of anilines is 1. The van der Waals surface area contributed by atoms with Crippen LogP contribution >= 0.6 is 0 Å². The number of ether oxygens (including phenoxy) is 2. The largest absolute Gasteiger partial charge is 0.379 e. The third-order valence-electron chi connectivity index (χ3n) is 6.26. The number of carbonyl (C=O) groups excluding carboxylic acids is 1. The van der Waals surface area contributed by atoms with Crippen molar-refractivity contribution in [2.75, 3.05) is 90.2 Å². The molecular formula is C21H32N4O5S. The van der Waals surface area contributed by atoms with Crippen LogP contribution < -0.4 is 4.90 Å². The lowest BCUT2D eigenvalue weighted by molar-refractivity contribution is 0.0642. The summed E-state index contributed by atoms with van der Waals surface area (Å²) in [5.41, 5.74) is 1.24. The minimum absolute atomic E-state index is 0.101. The van der Waals surface area contributed by atoms with Gasteiger partial charge in [0.05, 0.1) is 36.9 Å². The fourth-order valence-corrected chi connectivity index (χ4v) is 5.74. The highest BCUT2D eigenvalue weighted by Crippen LogP contribution is 2.28. The highest BCUT2D eigenvalue weighted by molar-refractivity contribution is 7.89. The van der Waals surface area contributed by atoms with Gasteiger partial charge in [-0.15, -0.1) is 0 Å². The maximum Gasteiger partial charge on any atom is 0.256 e. The van der Waals surface area contributed by atoms with E-state index in [2.05, 4.69) is 16.7 Å². The van der Waals surface area contributed by atoms with E-state index in [0.29, 0.717) is 71.3 Å². The van der Waals surface area contributed by atoms with E-state index >= 15 is 0 Å². The Bertz CT molecular complexity index is 874. The molecular weight excluding hydrogens is 420 g/mol. The zero-order valence-electron chi connectivity index (χ0n) is 18.2. The van der Waals surface area contributed by atoms with E-state index in [-0.39, 0.29) is 10.8 Å². The third kappa shape index (κ3) is 4.88. The molecule has 0 aromatic heterocycles. The van der Waals surface area contributed by atoms with Crippen LogP contribution in [0.25, 0.3) is 0 Å². The van der Waals surface area contributed by atoms with Gasteiger partial charge in [-0.3, -0.25) is 4.79 Å². The molecule has 9 nitrogen and oxygen atoms in total. The second-order valence-electron chi connectivity index (χ2n) is 8.02. The quantitative estimate of drug-likeness (QED) is 0.636. The van der Waals surface area contributed by atoms with Crippen LogP contribution in [0, 0.1) is 0 Å². The first-order valence-corrected chi connectivity index (χ1v) is 12.5. The molecule has 3 aliphatic heterocycles. The molecule has 0 atom stereocenters. The van der Waals surface area contributed by atoms with E-state index in [0.717, 1.165) is 25.3 Å². The molecule has 1 amide bonds. The van der Waals surface area contributed by atoms with Crippen molar-refractivity contribution in [3.8, 4) is 0 Å². The monoisotopic (exact) mass is 452 g/mol. The molecule has 3 heterocycles. The van der Waals surface area contributed by atoms with Crippen molar-refractivity contribution in [1.29, 1.82) is 0 Å². The van der Waals surface area contributed by atoms with Crippen LogP contribution in [-0.4, -0.2) is 114 Å². The lowest BCUT2D eigenvalue weighted by atomic mass is 10.1. The zero-order chi connectivity index (χ0) is 21.8. The van der Waals surface area contributed by atoms with E-state index in [1.807, 2.05) is 4.90 Å². The van der Waals surface area contributed by atoms with Gasteiger partial charge in [-0.2, -0.15) is 4.31 Å². The molecule has 0 radical (unpaired) electrons. The van der Waals surface area contributed by atoms with Gasteiger partial charge in [0.25, 0.3) is 5.91 Å². The number of hydrogen-bond donors (Lipinski definition) is 0. The number of benzene rings is 1. The van der Waals surface area contributed by atoms with Gasteiger partial charge >= 0.3 is 0 Å². The van der Waals surface area contributed by atoms with Crippen LogP contribution in [0.2, 0.25) is 0 Å². The summed E-state index contributed by atoms with van der Waals surface area (Å²) in [6.45, 7) is 10.0. The standard InChI is InChI=1S/C21H32N4O5S/c1-2-22-5-7-24(8-6-22)21(26)19-17-18(31(27,28)25-11-15-30-16-12-25)3-4-20(19)23-9-13-29-14-10-23/h3-4,17H,2,5-16H2,1H3. The molecule has 4 rings (SSSR count). The van der Waals surface area contributed by atoms with Crippen molar-refractivity contribution >= 4 is 21.6 Å². The molecule has 0 saturated carbocycles. The van der Waals surface area contributed by atoms with Gasteiger partial charge in [0, 0.05) is 58.0 Å². The van der Waals surface area contributed by atoms with Crippen LogP contribution in [0.4, 0.5) is 5.69 Å². The maximum absolute atomic E-state index is 13.5. The summed E-state index contributed by atoms with van der Waals surface area (Å²) in [5, 5.41) is 0. The topological polar surface area (TPSA) is 82.6 Å². The zero-order valence-corrected chi connectivity index (χ0v) is 19.0. The normalized spacial score (nSPS) is 22.0. The number of piperazine rings is 1. The van der Waals surface area contributed by atoms with Gasteiger partial charge in [0.15, 0.2) is 0 Å². The molecule has 3 fully saturated rings. The Hall–Kier alpha value is -1.72. The number of sulfonamides is 1. The first-order chi connectivity index (χ1) is 15.0. The lowest BCUT2D eigenvalue weighted by Crippen LogP contribution is -2.49. The average molecular weight is 453 g/mol. The predicted molar refractivity (Wildman–Crippen MR) is 117 cm³/mol. The van der Waals surface area contributed by atoms with E-state index in [1.165, 1.54) is 4.31 Å². The molecule has 10 heteroatoms. The van der Waals surface area contributed by atoms with E-state index in [4.69, 9.17) is 9.47 Å². The number of rotatable bonds is 5. The van der Waals surface area contributed by atoms with Gasteiger partial charge in [0.1, 0.15) is 0 Å². The van der Waals surface area contributed by atoms with Crippen molar-refractivity contribution in [2.45, 2.75) is 11.8 Å². The first kappa shape index (κ1) is 22.5. The molecule has 0 bridgehead atoms. The Morgan fingerprint density at radius 1 is 0.903 bits per heavy atom. The van der Waals surface area contributed by atoms with Crippen molar-refractivity contribution < 1.29 is 22.7 Å². The molecule has 0 spiro atoms. The fourth-order valence-electron chi connectivity index (χ4n) is 4.30. The molecule has 172 valence electrons. The minimum Gasteiger partial charge on any atom is -0.379 e. The second kappa shape index (κ2) is 9.83. The van der Waals surface area contributed by atoms with Crippen LogP contribution in [0.3, 0.4) is 0 Å². The average Bonchev–Trinajstić information content (AvgIpc) is 2.84. The SMILES string of the molecule is CCN1CCN(C(=O)c2cc(S(=O)(=O)N3CCOCC3)ccc2N2CCOCC2)CC1. The summed E-state index contributed by atoms with van der Waals surface area (Å²) < 4.78 is 38.6. The van der Waals surface area contributed by atoms with Crippen molar-refractivity contribution in [3.63, 3.8) is 0 Å². The highest BCUT2D eigenvalue weighted by atomic mass is 32.2. The van der Waals surface area contributed by atoms with Crippen LogP contribution in [0.5, 0.6) is 0 Å². The van der Waals surface area contributed by atoms with Crippen molar-refractivity contribution in [2.24, 2.45) is 0 Å². The number of hydrogen-bond acceptors (Lipinski definition) is 7. The van der Waals surface area contributed by atoms with E-state index in [9.17, 15) is 13.2 Å². The summed E-state index contributed by atoms with van der Waals surface area (Å²) in [4.78, 5) is 20.0. The molecule has 0 N–H and O–H groups in total. The molecule has 3 aliphatic rings. The summed E-state index contributed by atoms with van der Waals surface area (Å²) >= 11 is 0. The fraction of sp³-hybridized carbons (Fsp3) is 0.667. The summed E-state index contributed by atoms with van der Waals surface area (Å²) in [6.07, 6.45) is 0. The molecule has 0 aliphatic carbocycles. The molecule has 1 aromatic rings. The van der Waals surface area contributed by atoms with Crippen molar-refractivity contribution in [1.82, 2.24) is 14.1 Å². The maximum atomic E-state index is 13.5. The van der Waals surface area contributed by atoms with Gasteiger partial charge in [-0.05, 0) is 24.7 Å². The summed E-state index contributed by atoms with van der Waals surface area (Å²) in [5.74, 6) is -0.101. The minimum atomic E-state index is -3.68. The van der Waals surface area contributed by atoms with Gasteiger partial charge in [-0.25, -0.2) is 8.42 Å². The Kier molecular flexibility index (Phi) is 7.12. The smallest absolute Gasteiger partial charge is 0.256 e. The number of nitrogens with zero attached hydrogens (tertiary/aromatic N) is 4. The second-order valence-corrected chi connectivity index (χ2v) is 9.96. The van der Waals surface area contributed by atoms with Gasteiger partial charge in [0.2, 0.25) is 10.0 Å². The van der Waals surface area contributed by atoms with Gasteiger partial charge < -0.3 is 24.2 Å². The number of morpholine rings is 2. The predicted octanol–water partition coefficient (Wildman–Crippen LogP) is 0.322. The number of likely N-dealkylation sites (N-methyl/N-ethyl adjacent to an activating group) is 1. The summed E-state index contributed by atoms with van der Waals surface area (Å²) in [7, 11) is -3.68. The summed E-state index contributed by atoms with van der Waals surface area (Å²) in [6, 6.07) is 4.99. The molecule has 3 saturated heterocycles. The van der Waals surface area contributed by atoms with Crippen LogP contribution in [0.1, 0.15) is 17.3 Å². The first-order valence-electron chi connectivity index (χ1n) is 11.1. The molecule has 31 heavy (non-hydrogen) atoms. The number of carbonyl (C=O) groups is 1. The number of amides is 1. The Balaban J connectivity index is 1.66. The van der Waals surface area contributed by atoms with Crippen LogP contribution in [0.15, 0.2) is 23.1 Å². The Morgan fingerprint density at radius 2 is 1.52 bits per heavy atom. The Morgan fingerprint density at radius 3 is 2.13 bits per heavy atom. The van der Waals surface area contributed by atoms with Crippen molar-refractivity contribution in [3.05, 3.63) is 23.8 Å². The van der Waals surface area contributed by atoms with E-state index in [1.54, 1.807) is 18.2 Å². The molecule has 1 aromatic carbocycles. The van der Waals surface area contributed by atoms with E-state index < -0.39 is 10.0 Å². The highest BCUT2D eigenvalue weighted by Gasteiger charge is 2.30. The Labute approximate surface area is 184 Å². The lowest BCUT2D eigenvalue weighted by Gasteiger charge is -2.36. The third-order valence-corrected chi connectivity index (χ3v) is 8.16. The van der Waals surface area contributed by atoms with Crippen LogP contribution in [-0.2, 0) is 19.5 Å². The molecule has 0 unspecified atom stereocenters.